The van der Waals surface area contributed by atoms with Crippen molar-refractivity contribution >= 4 is 23.1 Å². The Morgan fingerprint density at radius 1 is 1.22 bits per heavy atom. The predicted octanol–water partition coefficient (Wildman–Crippen LogP) is 1.87. The molecule has 0 aliphatic rings. The Kier molecular flexibility index (Phi) is 3.81. The molecule has 0 saturated heterocycles. The number of alkyl halides is 3. The molecule has 0 heterocycles. The van der Waals surface area contributed by atoms with Crippen LogP contribution in [0.15, 0.2) is 0 Å². The molecule has 2 nitrogen and oxygen atoms in total. The highest BCUT2D eigenvalue weighted by Gasteiger charge is 2.43. The monoisotopic (exact) mass is 228 g/mol. The van der Waals surface area contributed by atoms with Gasteiger partial charge in [-0.15, -0.1) is 0 Å². The summed E-state index contributed by atoms with van der Waals surface area (Å²) in [7, 11) is -5.03. The first-order valence-corrected chi connectivity index (χ1v) is 4.58. The van der Waals surface area contributed by atoms with E-state index in [0.29, 0.717) is 0 Å². The van der Waals surface area contributed by atoms with Gasteiger partial charge in [0.2, 0.25) is 0 Å². The summed E-state index contributed by atoms with van der Waals surface area (Å²) in [6.07, 6.45) is 0. The van der Waals surface area contributed by atoms with Gasteiger partial charge in [0.15, 0.2) is 0 Å². The lowest BCUT2D eigenvalue weighted by molar-refractivity contribution is -0.0408. The summed E-state index contributed by atoms with van der Waals surface area (Å²) >= 11 is 1.45. The van der Waals surface area contributed by atoms with E-state index in [4.69, 9.17) is 0 Å². The van der Waals surface area contributed by atoms with Crippen LogP contribution in [0.25, 0.3) is 0 Å². The van der Waals surface area contributed by atoms with E-state index in [2.05, 4.69) is 0 Å². The normalized spacial score (nSPS) is 12.4. The number of rotatable bonds is 0. The molecule has 7 heteroatoms. The smallest absolute Gasteiger partial charge is 0.208 e. The molecule has 0 bridgehead atoms. The molecule has 0 unspecified atom stereocenters. The van der Waals surface area contributed by atoms with Gasteiger partial charge in [0.05, 0.1) is 14.8 Å². The zero-order valence-electron chi connectivity index (χ0n) is 3.24. The van der Waals surface area contributed by atoms with Gasteiger partial charge in [-0.1, -0.05) is 7.43 Å². The lowest BCUT2D eigenvalue weighted by Gasteiger charge is -1.97. The highest BCUT2D eigenvalue weighted by Crippen LogP contribution is 2.27. The van der Waals surface area contributed by atoms with Gasteiger partial charge in [-0.2, -0.15) is 13.2 Å². The van der Waals surface area contributed by atoms with Crippen molar-refractivity contribution in [1.82, 2.24) is 0 Å². The molecule has 58 valence electrons. The molecule has 0 rings (SSSR count). The molecule has 0 atom stereocenters. The largest absolute Gasteiger partial charge is 0.507 e. The SMILES string of the molecule is C.O=S(=O)(Br)C(F)(F)F. The molecule has 0 radical (unpaired) electrons. The number of hydrogen-bond acceptors (Lipinski definition) is 2. The van der Waals surface area contributed by atoms with E-state index in [0.717, 1.165) is 0 Å². The Morgan fingerprint density at radius 2 is 1.33 bits per heavy atom. The van der Waals surface area contributed by atoms with E-state index in [1.54, 1.807) is 0 Å². The van der Waals surface area contributed by atoms with Crippen molar-refractivity contribution in [2.75, 3.05) is 0 Å². The maximum Gasteiger partial charge on any atom is 0.507 e. The second-order valence-corrected chi connectivity index (χ2v) is 4.78. The fourth-order valence-electron chi connectivity index (χ4n) is 0. The van der Waals surface area contributed by atoms with Crippen LogP contribution in [0.1, 0.15) is 7.43 Å². The van der Waals surface area contributed by atoms with Gasteiger partial charge in [-0.05, 0) is 0 Å². The van der Waals surface area contributed by atoms with Gasteiger partial charge in [-0.3, -0.25) is 0 Å². The third-order valence-electron chi connectivity index (χ3n) is 0.276. The molecular weight excluding hydrogens is 225 g/mol. The van der Waals surface area contributed by atoms with E-state index in [-0.39, 0.29) is 7.43 Å². The quantitative estimate of drug-likeness (QED) is 0.594. The number of hydrogen-bond donors (Lipinski definition) is 0. The molecule has 0 aromatic rings. The van der Waals surface area contributed by atoms with Gasteiger partial charge in [0.1, 0.15) is 0 Å². The third kappa shape index (κ3) is 3.74. The summed E-state index contributed by atoms with van der Waals surface area (Å²) in [6, 6.07) is 0. The van der Waals surface area contributed by atoms with Crippen LogP contribution < -0.4 is 0 Å². The molecule has 0 amide bonds. The van der Waals surface area contributed by atoms with E-state index in [9.17, 15) is 21.6 Å². The summed E-state index contributed by atoms with van der Waals surface area (Å²) in [5, 5.41) is 0. The van der Waals surface area contributed by atoms with Crippen LogP contribution in [0, 0.1) is 0 Å². The molecule has 0 aliphatic heterocycles. The summed E-state index contributed by atoms with van der Waals surface area (Å²) < 4.78 is 51.7. The van der Waals surface area contributed by atoms with Gasteiger partial charge in [0, 0.05) is 0 Å². The van der Waals surface area contributed by atoms with Gasteiger partial charge in [0.25, 0.3) is 0 Å². The first-order valence-electron chi connectivity index (χ1n) is 1.26. The van der Waals surface area contributed by atoms with Crippen molar-refractivity contribution in [3.05, 3.63) is 0 Å². The fourth-order valence-corrected chi connectivity index (χ4v) is 0. The van der Waals surface area contributed by atoms with Crippen LogP contribution in [0.5, 0.6) is 0 Å². The maximum atomic E-state index is 10.9. The third-order valence-corrected chi connectivity index (χ3v) is 1.93. The van der Waals surface area contributed by atoms with Crippen LogP contribution in [-0.2, 0) is 8.27 Å². The minimum absolute atomic E-state index is 0. The molecule has 0 aromatic carbocycles. The maximum absolute atomic E-state index is 10.9. The Labute approximate surface area is 58.2 Å². The topological polar surface area (TPSA) is 34.1 Å². The Hall–Kier alpha value is 0.220. The minimum Gasteiger partial charge on any atom is -0.208 e. The van der Waals surface area contributed by atoms with Gasteiger partial charge < -0.3 is 0 Å². The van der Waals surface area contributed by atoms with Gasteiger partial charge in [-0.25, -0.2) is 8.42 Å². The van der Waals surface area contributed by atoms with Crippen molar-refractivity contribution in [2.24, 2.45) is 0 Å². The summed E-state index contributed by atoms with van der Waals surface area (Å²) in [6.45, 7) is 0. The van der Waals surface area contributed by atoms with E-state index < -0.39 is 13.8 Å². The Balaban J connectivity index is 0. The fraction of sp³-hybridized carbons (Fsp3) is 1.00. The lowest BCUT2D eigenvalue weighted by Crippen LogP contribution is -2.15. The predicted molar refractivity (Wildman–Crippen MR) is 30.6 cm³/mol. The van der Waals surface area contributed by atoms with Crippen molar-refractivity contribution < 1.29 is 21.6 Å². The average molecular weight is 229 g/mol. The second-order valence-electron chi connectivity index (χ2n) is 0.884. The van der Waals surface area contributed by atoms with E-state index >= 15 is 0 Å². The summed E-state index contributed by atoms with van der Waals surface area (Å²) in [5.74, 6) is 0. The van der Waals surface area contributed by atoms with Crippen molar-refractivity contribution in [1.29, 1.82) is 0 Å². The van der Waals surface area contributed by atoms with E-state index in [1.807, 2.05) is 0 Å². The Bertz CT molecular complexity index is 169. The van der Waals surface area contributed by atoms with Crippen LogP contribution in [0.3, 0.4) is 0 Å². The van der Waals surface area contributed by atoms with Crippen LogP contribution in [0.4, 0.5) is 13.2 Å². The lowest BCUT2D eigenvalue weighted by atomic mass is 11.6. The molecular formula is C2H4BrF3O2S. The highest BCUT2D eigenvalue weighted by atomic mass is 79.9. The zero-order valence-corrected chi connectivity index (χ0v) is 5.64. The Morgan fingerprint density at radius 3 is 1.33 bits per heavy atom. The molecule has 9 heavy (non-hydrogen) atoms. The molecule has 0 N–H and O–H groups in total. The average Bonchev–Trinajstić information content (AvgIpc) is 1.25. The molecule has 0 aliphatic carbocycles. The first kappa shape index (κ1) is 12.0. The van der Waals surface area contributed by atoms with E-state index in [1.165, 1.54) is 14.8 Å². The van der Waals surface area contributed by atoms with Crippen LogP contribution in [0.2, 0.25) is 0 Å². The standard InChI is InChI=1S/CBrF3O2S.CH4/c2-8(6,7)1(3,4)5;/h;1H4. The molecule has 0 spiro atoms. The number of halogens is 4. The molecule has 0 aromatic heterocycles. The summed E-state index contributed by atoms with van der Waals surface area (Å²) in [4.78, 5) is 0. The summed E-state index contributed by atoms with van der Waals surface area (Å²) in [5.41, 5.74) is -5.17. The van der Waals surface area contributed by atoms with Crippen LogP contribution in [-0.4, -0.2) is 13.9 Å². The van der Waals surface area contributed by atoms with Crippen molar-refractivity contribution in [3.8, 4) is 0 Å². The molecule has 0 fully saturated rings. The first-order chi connectivity index (χ1) is 3.25. The van der Waals surface area contributed by atoms with Crippen molar-refractivity contribution in [2.45, 2.75) is 12.9 Å². The van der Waals surface area contributed by atoms with Gasteiger partial charge >= 0.3 is 13.8 Å². The van der Waals surface area contributed by atoms with Crippen molar-refractivity contribution in [3.63, 3.8) is 0 Å². The highest BCUT2D eigenvalue weighted by molar-refractivity contribution is 9.47. The van der Waals surface area contributed by atoms with Crippen LogP contribution >= 0.6 is 14.8 Å². The minimum atomic E-state index is -5.17. The second kappa shape index (κ2) is 2.87. The zero-order chi connectivity index (χ0) is 7.00. The molecule has 0 saturated carbocycles.